The standard InChI is InChI=1S/C26H28BrFN4O6/c1-37-23-11-19-22(29-14-30-26(19)31-21-3-2-15(27)8-20(21)28)12-24(23)38-13-18(35)9-17(34)10-25(36)32-6-4-16(33)5-7-32/h2-3,8,11-12,14,17-18,34-35H,4-7,9-10,13H2,1H3,(H,29,30,31). The number of nitrogens with one attached hydrogen (secondary N) is 1. The van der Waals surface area contributed by atoms with E-state index in [1.54, 1.807) is 29.2 Å². The SMILES string of the molecule is COc1cc2c(Nc3ccc(Br)cc3F)ncnc2cc1OCC(O)CC(O)CC(=O)N1CCC(=O)CC1. The highest BCUT2D eigenvalue weighted by Gasteiger charge is 2.24. The number of aliphatic hydroxyl groups excluding tert-OH is 2. The first-order valence-electron chi connectivity index (χ1n) is 12.1. The summed E-state index contributed by atoms with van der Waals surface area (Å²) in [5.74, 6) is 0.440. The van der Waals surface area contributed by atoms with Gasteiger partial charge in [-0.2, -0.15) is 0 Å². The lowest BCUT2D eigenvalue weighted by Crippen LogP contribution is -2.40. The van der Waals surface area contributed by atoms with Crippen molar-refractivity contribution in [1.82, 2.24) is 14.9 Å². The van der Waals surface area contributed by atoms with E-state index in [1.807, 2.05) is 0 Å². The average molecular weight is 591 g/mol. The van der Waals surface area contributed by atoms with Crippen LogP contribution in [-0.4, -0.2) is 75.8 Å². The summed E-state index contributed by atoms with van der Waals surface area (Å²) in [6.45, 7) is 0.555. The normalized spacial score (nSPS) is 15.3. The molecule has 0 aliphatic carbocycles. The molecule has 0 radical (unpaired) electrons. The van der Waals surface area contributed by atoms with Crippen molar-refractivity contribution in [3.05, 3.63) is 46.9 Å². The zero-order valence-corrected chi connectivity index (χ0v) is 22.3. The quantitative estimate of drug-likeness (QED) is 0.325. The van der Waals surface area contributed by atoms with Crippen LogP contribution < -0.4 is 14.8 Å². The van der Waals surface area contributed by atoms with E-state index < -0.39 is 18.0 Å². The second-order valence-electron chi connectivity index (χ2n) is 8.97. The number of Topliss-reactive ketones (excluding diaryl/α,β-unsaturated/α-hetero) is 1. The predicted octanol–water partition coefficient (Wildman–Crippen LogP) is 3.36. The number of ketones is 1. The molecule has 0 saturated carbocycles. The number of ether oxygens (including phenoxy) is 2. The van der Waals surface area contributed by atoms with Crippen molar-refractivity contribution in [1.29, 1.82) is 0 Å². The Morgan fingerprint density at radius 2 is 1.92 bits per heavy atom. The molecule has 0 spiro atoms. The Morgan fingerprint density at radius 3 is 2.63 bits per heavy atom. The third-order valence-electron chi connectivity index (χ3n) is 6.16. The van der Waals surface area contributed by atoms with Gasteiger partial charge in [-0.05, 0) is 24.3 Å². The molecule has 2 aromatic carbocycles. The number of nitrogens with zero attached hydrogens (tertiary/aromatic N) is 3. The minimum absolute atomic E-state index is 0.0661. The fourth-order valence-electron chi connectivity index (χ4n) is 4.14. The minimum atomic E-state index is -1.06. The Bertz CT molecular complexity index is 1320. The monoisotopic (exact) mass is 590 g/mol. The molecule has 38 heavy (non-hydrogen) atoms. The van der Waals surface area contributed by atoms with Gasteiger partial charge in [0.15, 0.2) is 11.5 Å². The van der Waals surface area contributed by atoms with Gasteiger partial charge in [-0.25, -0.2) is 14.4 Å². The van der Waals surface area contributed by atoms with Gasteiger partial charge in [0.25, 0.3) is 0 Å². The van der Waals surface area contributed by atoms with Crippen LogP contribution in [-0.2, 0) is 9.59 Å². The molecule has 1 aliphatic heterocycles. The van der Waals surface area contributed by atoms with Gasteiger partial charge in [-0.1, -0.05) is 15.9 Å². The Kier molecular flexibility index (Phi) is 9.08. The summed E-state index contributed by atoms with van der Waals surface area (Å²) in [6, 6.07) is 7.89. The van der Waals surface area contributed by atoms with Gasteiger partial charge in [-0.15, -0.1) is 0 Å². The van der Waals surface area contributed by atoms with Crippen LogP contribution in [0, 0.1) is 5.82 Å². The van der Waals surface area contributed by atoms with E-state index in [9.17, 15) is 24.2 Å². The van der Waals surface area contributed by atoms with Crippen molar-refractivity contribution < 1.29 is 33.7 Å². The number of carbonyl (C=O) groups is 2. The van der Waals surface area contributed by atoms with E-state index >= 15 is 0 Å². The van der Waals surface area contributed by atoms with Crippen LogP contribution >= 0.6 is 15.9 Å². The predicted molar refractivity (Wildman–Crippen MR) is 141 cm³/mol. The highest BCUT2D eigenvalue weighted by Crippen LogP contribution is 2.35. The molecule has 2 heterocycles. The number of piperidine rings is 1. The van der Waals surface area contributed by atoms with E-state index in [-0.39, 0.29) is 36.8 Å². The van der Waals surface area contributed by atoms with Crippen molar-refractivity contribution >= 4 is 50.0 Å². The summed E-state index contributed by atoms with van der Waals surface area (Å²) in [5, 5.41) is 24.2. The third-order valence-corrected chi connectivity index (χ3v) is 6.66. The maximum Gasteiger partial charge on any atom is 0.225 e. The highest BCUT2D eigenvalue weighted by molar-refractivity contribution is 9.10. The number of rotatable bonds is 10. The topological polar surface area (TPSA) is 134 Å². The number of amides is 1. The number of likely N-dealkylation sites (tertiary alicyclic amines) is 1. The number of halogens is 2. The summed E-state index contributed by atoms with van der Waals surface area (Å²) in [5.41, 5.74) is 0.734. The van der Waals surface area contributed by atoms with E-state index in [0.717, 1.165) is 0 Å². The number of methoxy groups -OCH3 is 1. The molecule has 0 bridgehead atoms. The smallest absolute Gasteiger partial charge is 0.225 e. The summed E-state index contributed by atoms with van der Waals surface area (Å²) in [6.07, 6.45) is -0.329. The van der Waals surface area contributed by atoms with Gasteiger partial charge in [0.2, 0.25) is 5.91 Å². The van der Waals surface area contributed by atoms with Gasteiger partial charge in [-0.3, -0.25) is 9.59 Å². The molecule has 1 saturated heterocycles. The molecule has 3 N–H and O–H groups in total. The molecular formula is C26H28BrFN4O6. The Morgan fingerprint density at radius 1 is 1.16 bits per heavy atom. The Labute approximate surface area is 226 Å². The number of benzene rings is 2. The molecule has 1 fully saturated rings. The average Bonchev–Trinajstić information content (AvgIpc) is 2.89. The second kappa shape index (κ2) is 12.5. The van der Waals surface area contributed by atoms with Crippen molar-refractivity contribution in [2.24, 2.45) is 0 Å². The fraction of sp³-hybridized carbons (Fsp3) is 0.385. The molecule has 1 amide bonds. The molecule has 4 rings (SSSR count). The Hall–Kier alpha value is -3.35. The number of hydrogen-bond donors (Lipinski definition) is 3. The molecule has 2 atom stereocenters. The Balaban J connectivity index is 1.39. The lowest BCUT2D eigenvalue weighted by atomic mass is 10.1. The van der Waals surface area contributed by atoms with Crippen LogP contribution in [0.25, 0.3) is 10.9 Å². The van der Waals surface area contributed by atoms with Crippen LogP contribution in [0.15, 0.2) is 41.1 Å². The van der Waals surface area contributed by atoms with E-state index in [1.165, 1.54) is 19.5 Å². The number of hydrogen-bond acceptors (Lipinski definition) is 9. The van der Waals surface area contributed by atoms with Crippen LogP contribution in [0.4, 0.5) is 15.9 Å². The number of fused-ring (bicyclic) bond motifs is 1. The third kappa shape index (κ3) is 6.94. The van der Waals surface area contributed by atoms with E-state index in [2.05, 4.69) is 31.2 Å². The minimum Gasteiger partial charge on any atom is -0.493 e. The zero-order chi connectivity index (χ0) is 27.2. The molecule has 10 nitrogen and oxygen atoms in total. The van der Waals surface area contributed by atoms with Gasteiger partial charge in [0, 0.05) is 48.3 Å². The van der Waals surface area contributed by atoms with E-state index in [4.69, 9.17) is 9.47 Å². The van der Waals surface area contributed by atoms with Crippen molar-refractivity contribution in [2.45, 2.75) is 37.9 Å². The highest BCUT2D eigenvalue weighted by atomic mass is 79.9. The molecule has 2 unspecified atom stereocenters. The molecule has 12 heteroatoms. The van der Waals surface area contributed by atoms with Crippen LogP contribution in [0.5, 0.6) is 11.5 Å². The van der Waals surface area contributed by atoms with E-state index in [0.29, 0.717) is 58.6 Å². The fourth-order valence-corrected chi connectivity index (χ4v) is 4.48. The molecular weight excluding hydrogens is 563 g/mol. The molecule has 1 aromatic heterocycles. The van der Waals surface area contributed by atoms with Crippen molar-refractivity contribution in [3.8, 4) is 11.5 Å². The zero-order valence-electron chi connectivity index (χ0n) is 20.7. The lowest BCUT2D eigenvalue weighted by molar-refractivity contribution is -0.136. The summed E-state index contributed by atoms with van der Waals surface area (Å²) < 4.78 is 26.1. The first kappa shape index (κ1) is 27.7. The number of aliphatic hydroxyl groups is 2. The summed E-state index contributed by atoms with van der Waals surface area (Å²) in [4.78, 5) is 33.7. The van der Waals surface area contributed by atoms with Crippen molar-refractivity contribution in [3.63, 3.8) is 0 Å². The molecule has 3 aromatic rings. The maximum absolute atomic E-state index is 14.3. The van der Waals surface area contributed by atoms with Crippen LogP contribution in [0.2, 0.25) is 0 Å². The summed E-state index contributed by atoms with van der Waals surface area (Å²) >= 11 is 3.23. The van der Waals surface area contributed by atoms with Gasteiger partial charge in [0.1, 0.15) is 30.4 Å². The van der Waals surface area contributed by atoms with Gasteiger partial charge in [0.05, 0.1) is 36.9 Å². The first-order valence-corrected chi connectivity index (χ1v) is 12.9. The van der Waals surface area contributed by atoms with Crippen molar-refractivity contribution in [2.75, 3.05) is 32.1 Å². The van der Waals surface area contributed by atoms with Gasteiger partial charge < -0.3 is 29.9 Å². The first-order chi connectivity index (χ1) is 18.2. The molecule has 202 valence electrons. The summed E-state index contributed by atoms with van der Waals surface area (Å²) in [7, 11) is 1.46. The number of anilines is 2. The molecule has 1 aliphatic rings. The number of carbonyl (C=O) groups excluding carboxylic acids is 2. The van der Waals surface area contributed by atoms with Crippen LogP contribution in [0.3, 0.4) is 0 Å². The lowest BCUT2D eigenvalue weighted by Gasteiger charge is -2.27. The van der Waals surface area contributed by atoms with Gasteiger partial charge >= 0.3 is 0 Å². The maximum atomic E-state index is 14.3. The number of aromatic nitrogens is 2. The second-order valence-corrected chi connectivity index (χ2v) is 9.89. The van der Waals surface area contributed by atoms with Crippen LogP contribution in [0.1, 0.15) is 25.7 Å². The largest absolute Gasteiger partial charge is 0.493 e.